The van der Waals surface area contributed by atoms with Crippen molar-refractivity contribution in [2.24, 2.45) is 0 Å². The van der Waals surface area contributed by atoms with E-state index >= 15 is 0 Å². The third kappa shape index (κ3) is 18.7. The highest BCUT2D eigenvalue weighted by Crippen LogP contribution is 2.30. The van der Waals surface area contributed by atoms with Gasteiger partial charge in [-0.2, -0.15) is 0 Å². The zero-order chi connectivity index (χ0) is 21.1. The van der Waals surface area contributed by atoms with Gasteiger partial charge in [-0.15, -0.1) is 0 Å². The summed E-state index contributed by atoms with van der Waals surface area (Å²) in [4.78, 5) is 32.7. The van der Waals surface area contributed by atoms with Gasteiger partial charge in [0.1, 0.15) is 0 Å². The molecule has 0 aliphatic rings. The molecule has 0 aliphatic heterocycles. The van der Waals surface area contributed by atoms with E-state index in [0.717, 1.165) is 32.1 Å². The second-order valence-corrected chi connectivity index (χ2v) is 9.17. The molecule has 166 valence electrons. The van der Waals surface area contributed by atoms with E-state index in [4.69, 9.17) is 5.11 Å². The van der Waals surface area contributed by atoms with Gasteiger partial charge in [-0.1, -0.05) is 70.4 Å². The van der Waals surface area contributed by atoms with Crippen molar-refractivity contribution < 1.29 is 24.3 Å². The first-order valence-corrected chi connectivity index (χ1v) is 12.6. The van der Waals surface area contributed by atoms with Crippen LogP contribution in [0.15, 0.2) is 12.2 Å². The quantitative estimate of drug-likeness (QED) is 0.189. The summed E-state index contributed by atoms with van der Waals surface area (Å²) in [6.45, 7) is 2.24. The number of carbonyl (C=O) groups is 1. The summed E-state index contributed by atoms with van der Waals surface area (Å²) >= 11 is 0. The molecule has 6 nitrogen and oxygen atoms in total. The maximum Gasteiger partial charge on any atom is 0.219 e. The van der Waals surface area contributed by atoms with Crippen LogP contribution in [0.25, 0.3) is 0 Å². The minimum atomic E-state index is -4.97. The fraction of sp³-hybridized carbons (Fsp3) is 0.857. The number of nitrogens with one attached hydrogen (secondary N) is 1. The van der Waals surface area contributed by atoms with Crippen LogP contribution in [0, 0.1) is 0 Å². The molecule has 0 saturated carbocycles. The molecule has 0 radical (unpaired) electrons. The molecule has 0 aromatic rings. The largest absolute Gasteiger partial charge is 0.809 e. The number of unbranched alkanes of at least 4 members (excludes halogenated alkanes) is 11. The van der Waals surface area contributed by atoms with Crippen molar-refractivity contribution in [3.8, 4) is 0 Å². The van der Waals surface area contributed by atoms with E-state index in [1.54, 1.807) is 0 Å². The molecular weight excluding hydrogens is 377 g/mol. The van der Waals surface area contributed by atoms with Gasteiger partial charge < -0.3 is 24.8 Å². The van der Waals surface area contributed by atoms with Crippen LogP contribution in [-0.2, 0) is 9.36 Å². The summed E-state index contributed by atoms with van der Waals surface area (Å²) in [5.41, 5.74) is 0. The van der Waals surface area contributed by atoms with Crippen LogP contribution in [0.3, 0.4) is 0 Å². The number of rotatable bonds is 19. The number of amides is 1. The molecule has 0 fully saturated rings. The number of aliphatic hydroxyl groups excluding tert-OH is 1. The molecule has 0 aromatic carbocycles. The van der Waals surface area contributed by atoms with Crippen LogP contribution >= 0.6 is 7.60 Å². The van der Waals surface area contributed by atoms with E-state index in [1.165, 1.54) is 51.4 Å². The lowest BCUT2D eigenvalue weighted by molar-refractivity contribution is -0.322. The zero-order valence-corrected chi connectivity index (χ0v) is 18.5. The second kappa shape index (κ2) is 18.4. The molecule has 7 heteroatoms. The Labute approximate surface area is 171 Å². The molecule has 0 saturated heterocycles. The maximum atomic E-state index is 11.6. The van der Waals surface area contributed by atoms with Crippen molar-refractivity contribution in [2.75, 3.05) is 6.54 Å². The molecule has 2 N–H and O–H groups in total. The van der Waals surface area contributed by atoms with Gasteiger partial charge in [-0.25, -0.2) is 0 Å². The van der Waals surface area contributed by atoms with Gasteiger partial charge in [0.25, 0.3) is 0 Å². The second-order valence-electron chi connectivity index (χ2n) is 7.49. The van der Waals surface area contributed by atoms with E-state index in [9.17, 15) is 19.1 Å². The summed E-state index contributed by atoms with van der Waals surface area (Å²) in [6.07, 6.45) is 20.3. The highest BCUT2D eigenvalue weighted by Gasteiger charge is 2.09. The summed E-state index contributed by atoms with van der Waals surface area (Å²) < 4.78 is 10.5. The highest BCUT2D eigenvalue weighted by molar-refractivity contribution is 7.49. The topological polar surface area (TPSA) is 113 Å². The van der Waals surface area contributed by atoms with Gasteiger partial charge in [0.05, 0.1) is 5.85 Å². The minimum absolute atomic E-state index is 0.000452. The van der Waals surface area contributed by atoms with Crippen molar-refractivity contribution in [1.29, 1.82) is 0 Å². The lowest BCUT2D eigenvalue weighted by Crippen LogP contribution is -2.31. The number of hydrogen-bond acceptors (Lipinski definition) is 5. The predicted molar refractivity (Wildman–Crippen MR) is 111 cm³/mol. The fourth-order valence-corrected chi connectivity index (χ4v) is 3.39. The first kappa shape index (κ1) is 27.3. The van der Waals surface area contributed by atoms with Crippen LogP contribution in [0.1, 0.15) is 103 Å². The average Bonchev–Trinajstić information content (AvgIpc) is 2.64. The molecule has 28 heavy (non-hydrogen) atoms. The summed E-state index contributed by atoms with van der Waals surface area (Å²) in [5, 5.41) is 11.6. The van der Waals surface area contributed by atoms with Crippen LogP contribution in [-0.4, -0.2) is 23.4 Å². The Hall–Kier alpha value is -0.680. The van der Waals surface area contributed by atoms with E-state index in [2.05, 4.69) is 24.4 Å². The molecule has 1 amide bonds. The predicted octanol–water partition coefficient (Wildman–Crippen LogP) is 3.76. The molecule has 0 aliphatic carbocycles. The summed E-state index contributed by atoms with van der Waals surface area (Å²) in [6, 6.07) is 0. The molecule has 0 bridgehead atoms. The van der Waals surface area contributed by atoms with E-state index in [-0.39, 0.29) is 18.9 Å². The van der Waals surface area contributed by atoms with Gasteiger partial charge in [0, 0.05) is 13.0 Å². The summed E-state index contributed by atoms with van der Waals surface area (Å²) in [7, 11) is -4.97. The van der Waals surface area contributed by atoms with Crippen LogP contribution in [0.5, 0.6) is 0 Å². The average molecular weight is 418 g/mol. The van der Waals surface area contributed by atoms with Crippen molar-refractivity contribution in [1.82, 2.24) is 5.32 Å². The molecule has 1 unspecified atom stereocenters. The van der Waals surface area contributed by atoms with E-state index in [0.29, 0.717) is 6.42 Å². The monoisotopic (exact) mass is 417 g/mol. The number of aliphatic hydroxyl groups is 1. The third-order valence-corrected chi connectivity index (χ3v) is 5.74. The third-order valence-electron chi connectivity index (χ3n) is 4.76. The van der Waals surface area contributed by atoms with Crippen LogP contribution < -0.4 is 15.1 Å². The highest BCUT2D eigenvalue weighted by atomic mass is 31.2. The zero-order valence-electron chi connectivity index (χ0n) is 17.6. The standard InChI is InChI=1S/C21H42NO5P/c1-2-3-4-5-6-7-8-9-10-11-12-13-14-15-16-17-20(23)22-19-18-21(24)28(25,26)27/h9-10,21,24H,2-8,11-19H2,1H3,(H,22,23)(H2,25,26,27)/p-2/b10-9-. The van der Waals surface area contributed by atoms with Gasteiger partial charge in [-0.3, -0.25) is 4.79 Å². The smallest absolute Gasteiger partial charge is 0.219 e. The van der Waals surface area contributed by atoms with Crippen molar-refractivity contribution in [3.63, 3.8) is 0 Å². The Kier molecular flexibility index (Phi) is 17.9. The minimum Gasteiger partial charge on any atom is -0.809 e. The Bertz CT molecular complexity index is 450. The van der Waals surface area contributed by atoms with Gasteiger partial charge in [-0.05, 0) is 46.1 Å². The Balaban J connectivity index is 3.35. The van der Waals surface area contributed by atoms with Gasteiger partial charge in [0.15, 0.2) is 0 Å². The molecular formula is C21H40NO5P-2. The maximum absolute atomic E-state index is 11.6. The van der Waals surface area contributed by atoms with Gasteiger partial charge >= 0.3 is 0 Å². The van der Waals surface area contributed by atoms with Crippen LogP contribution in [0.2, 0.25) is 0 Å². The van der Waals surface area contributed by atoms with Crippen molar-refractivity contribution in [3.05, 3.63) is 12.2 Å². The molecule has 0 aromatic heterocycles. The molecule has 0 spiro atoms. The number of allylic oxidation sites excluding steroid dienone is 2. The molecule has 1 atom stereocenters. The van der Waals surface area contributed by atoms with E-state index in [1.807, 2.05) is 0 Å². The first-order valence-electron chi connectivity index (χ1n) is 11.0. The Morgan fingerprint density at radius 2 is 1.43 bits per heavy atom. The molecule has 0 rings (SSSR count). The normalized spacial score (nSPS) is 13.1. The SMILES string of the molecule is CCCCCCCC/C=C\CCCCCCCC(=O)NCCC(O)P(=O)([O-])[O-]. The van der Waals surface area contributed by atoms with Gasteiger partial charge in [0.2, 0.25) is 5.91 Å². The Morgan fingerprint density at radius 3 is 1.96 bits per heavy atom. The van der Waals surface area contributed by atoms with Crippen LogP contribution in [0.4, 0.5) is 0 Å². The molecule has 0 heterocycles. The number of hydrogen-bond donors (Lipinski definition) is 2. The number of carbonyl (C=O) groups excluding carboxylic acids is 1. The fourth-order valence-electron chi connectivity index (χ4n) is 2.94. The van der Waals surface area contributed by atoms with E-state index < -0.39 is 13.4 Å². The summed E-state index contributed by atoms with van der Waals surface area (Å²) in [5.74, 6) is -2.09. The van der Waals surface area contributed by atoms with Crippen molar-refractivity contribution in [2.45, 2.75) is 109 Å². The first-order chi connectivity index (χ1) is 13.4. The Morgan fingerprint density at radius 1 is 0.929 bits per heavy atom. The van der Waals surface area contributed by atoms with Crippen molar-refractivity contribution >= 4 is 13.5 Å². The lowest BCUT2D eigenvalue weighted by atomic mass is 10.1. The lowest BCUT2D eigenvalue weighted by Gasteiger charge is -2.34.